The molecule has 2 aliphatic heterocycles. The van der Waals surface area contributed by atoms with Crippen molar-refractivity contribution in [1.29, 1.82) is 0 Å². The molecule has 1 spiro atoms. The Labute approximate surface area is 282 Å². The number of hydrogen-bond donors (Lipinski definition) is 2. The van der Waals surface area contributed by atoms with E-state index in [0.717, 1.165) is 49.1 Å². The first kappa shape index (κ1) is 32.3. The number of halogens is 1. The number of rotatable bonds is 10. The van der Waals surface area contributed by atoms with Crippen molar-refractivity contribution >= 4 is 5.91 Å². The molecule has 1 amide bonds. The minimum atomic E-state index is -0.471. The Hall–Kier alpha value is -4.23. The average Bonchev–Trinajstić information content (AvgIpc) is 3.78. The van der Waals surface area contributed by atoms with Crippen molar-refractivity contribution in [2.75, 3.05) is 6.54 Å². The summed E-state index contributed by atoms with van der Waals surface area (Å²) in [6, 6.07) is 24.8. The molecule has 2 N–H and O–H groups in total. The Morgan fingerprint density at radius 1 is 0.979 bits per heavy atom. The lowest BCUT2D eigenvalue weighted by atomic mass is 9.84. The van der Waals surface area contributed by atoms with Crippen LogP contribution in [-0.2, 0) is 25.8 Å². The summed E-state index contributed by atoms with van der Waals surface area (Å²) < 4.78 is 23.3. The van der Waals surface area contributed by atoms with Crippen LogP contribution in [0.4, 0.5) is 4.39 Å². The number of amides is 1. The summed E-state index contributed by atoms with van der Waals surface area (Å²) in [5.74, 6) is 0.388. The van der Waals surface area contributed by atoms with Gasteiger partial charge in [0, 0.05) is 48.4 Å². The molecule has 3 heterocycles. The molecule has 3 atom stereocenters. The van der Waals surface area contributed by atoms with Crippen LogP contribution in [0, 0.1) is 11.7 Å². The summed E-state index contributed by atoms with van der Waals surface area (Å²) in [6.45, 7) is 5.61. The Kier molecular flexibility index (Phi) is 9.23. The van der Waals surface area contributed by atoms with E-state index in [9.17, 15) is 14.0 Å². The summed E-state index contributed by atoms with van der Waals surface area (Å²) >= 11 is 0. The number of aryl methyl sites for hydroxylation is 1. The molecule has 4 aromatic rings. The molecule has 0 unspecified atom stereocenters. The Morgan fingerprint density at radius 2 is 1.75 bits per heavy atom. The number of benzene rings is 3. The van der Waals surface area contributed by atoms with Crippen molar-refractivity contribution in [2.45, 2.75) is 95.9 Å². The molecule has 1 aliphatic carbocycles. The monoisotopic (exact) mass is 647 g/mol. The van der Waals surface area contributed by atoms with Gasteiger partial charge in [-0.2, -0.15) is 0 Å². The van der Waals surface area contributed by atoms with Gasteiger partial charge >= 0.3 is 0 Å². The summed E-state index contributed by atoms with van der Waals surface area (Å²) in [5, 5.41) is 7.31. The van der Waals surface area contributed by atoms with Crippen molar-refractivity contribution in [2.24, 2.45) is 5.92 Å². The number of ether oxygens (including phenoxy) is 1. The van der Waals surface area contributed by atoms with E-state index in [0.29, 0.717) is 31.5 Å². The molecule has 1 fully saturated rings. The highest BCUT2D eigenvalue weighted by molar-refractivity contribution is 5.97. The second-order valence-electron chi connectivity index (χ2n) is 14.1. The van der Waals surface area contributed by atoms with Crippen molar-refractivity contribution in [3.8, 4) is 16.9 Å². The van der Waals surface area contributed by atoms with Crippen LogP contribution in [0.5, 0.6) is 5.75 Å². The number of fused-ring (bicyclic) bond motifs is 2. The van der Waals surface area contributed by atoms with E-state index in [4.69, 9.17) is 4.74 Å². The van der Waals surface area contributed by atoms with Gasteiger partial charge in [0.05, 0.1) is 11.1 Å². The second kappa shape index (κ2) is 13.7. The fraction of sp³-hybridized carbons (Fsp3) is 0.415. The van der Waals surface area contributed by atoms with Crippen molar-refractivity contribution in [1.82, 2.24) is 15.2 Å². The standard InChI is InChI=1S/C41H46FN3O3/c1-3-28-17-18-38-32(22-28)36(25-41(48-38)19-9-10-20-41)43-26-27(2)35(23-29-12-5-4-6-13-29)44-39(46)33-24-31(30-14-7-8-15-34(30)42)40(47)45-21-11-16-37(33)45/h4-8,12-15,17-18,22,24,27,35-36,43H,3,9-11,16,19-21,23,25-26H2,1-2H3,(H,44,46)/t27-,35+,36+/m1/s1. The molecule has 48 heavy (non-hydrogen) atoms. The molecule has 6 nitrogen and oxygen atoms in total. The van der Waals surface area contributed by atoms with Gasteiger partial charge in [-0.25, -0.2) is 4.39 Å². The van der Waals surface area contributed by atoms with E-state index >= 15 is 0 Å². The van der Waals surface area contributed by atoms with Gasteiger partial charge in [0.15, 0.2) is 0 Å². The van der Waals surface area contributed by atoms with Gasteiger partial charge in [-0.1, -0.05) is 74.5 Å². The second-order valence-corrected chi connectivity index (χ2v) is 14.1. The quantitative estimate of drug-likeness (QED) is 0.186. The Bertz CT molecular complexity index is 1850. The molecule has 0 bridgehead atoms. The minimum absolute atomic E-state index is 0.0832. The molecule has 1 aromatic heterocycles. The SMILES string of the molecule is CCc1ccc2c(c1)[C@@H](NC[C@@H](C)[C@H](Cc1ccccc1)NC(=O)c1cc(-c3ccccc3F)c(=O)n3c1CCC3)CC1(CCCC1)O2. The number of hydrogen-bond acceptors (Lipinski definition) is 4. The third kappa shape index (κ3) is 6.45. The lowest BCUT2D eigenvalue weighted by Gasteiger charge is -2.41. The van der Waals surface area contributed by atoms with Crippen LogP contribution in [0.3, 0.4) is 0 Å². The zero-order chi connectivity index (χ0) is 33.3. The van der Waals surface area contributed by atoms with E-state index in [-0.39, 0.29) is 46.2 Å². The van der Waals surface area contributed by atoms with Crippen LogP contribution < -0.4 is 20.9 Å². The third-order valence-corrected chi connectivity index (χ3v) is 10.9. The molecule has 0 saturated heterocycles. The smallest absolute Gasteiger partial charge is 0.258 e. The van der Waals surface area contributed by atoms with Gasteiger partial charge in [-0.3, -0.25) is 9.59 Å². The summed E-state index contributed by atoms with van der Waals surface area (Å²) in [6.07, 6.45) is 8.57. The van der Waals surface area contributed by atoms with Gasteiger partial charge in [-0.05, 0) is 86.6 Å². The average molecular weight is 648 g/mol. The van der Waals surface area contributed by atoms with Crippen LogP contribution in [0.2, 0.25) is 0 Å². The fourth-order valence-electron chi connectivity index (χ4n) is 8.11. The summed E-state index contributed by atoms with van der Waals surface area (Å²) in [5.41, 5.74) is 4.96. The Morgan fingerprint density at radius 3 is 2.52 bits per heavy atom. The van der Waals surface area contributed by atoms with E-state index in [1.54, 1.807) is 28.8 Å². The largest absolute Gasteiger partial charge is 0.487 e. The molecule has 1 saturated carbocycles. The molecular formula is C41H46FN3O3. The maximum absolute atomic E-state index is 14.9. The van der Waals surface area contributed by atoms with Crippen LogP contribution in [0.1, 0.15) is 91.2 Å². The van der Waals surface area contributed by atoms with E-state index in [1.807, 2.05) is 18.2 Å². The highest BCUT2D eigenvalue weighted by Gasteiger charge is 2.43. The van der Waals surface area contributed by atoms with Gasteiger partial charge in [-0.15, -0.1) is 0 Å². The first-order chi connectivity index (χ1) is 23.3. The lowest BCUT2D eigenvalue weighted by molar-refractivity contribution is 0.0359. The van der Waals surface area contributed by atoms with Crippen LogP contribution in [-0.4, -0.2) is 28.7 Å². The number of nitrogens with zero attached hydrogens (tertiary/aromatic N) is 1. The van der Waals surface area contributed by atoms with Gasteiger partial charge in [0.2, 0.25) is 0 Å². The Balaban J connectivity index is 1.16. The molecule has 7 heteroatoms. The number of aromatic nitrogens is 1. The van der Waals surface area contributed by atoms with E-state index < -0.39 is 5.82 Å². The molecule has 250 valence electrons. The highest BCUT2D eigenvalue weighted by atomic mass is 19.1. The minimum Gasteiger partial charge on any atom is -0.487 e. The first-order valence-electron chi connectivity index (χ1n) is 17.8. The van der Waals surface area contributed by atoms with Crippen LogP contribution >= 0.6 is 0 Å². The van der Waals surface area contributed by atoms with Crippen LogP contribution in [0.25, 0.3) is 11.1 Å². The topological polar surface area (TPSA) is 72.4 Å². The molecule has 3 aromatic carbocycles. The van der Waals surface area contributed by atoms with E-state index in [2.05, 4.69) is 54.8 Å². The zero-order valence-corrected chi connectivity index (χ0v) is 28.1. The van der Waals surface area contributed by atoms with Gasteiger partial charge in [0.1, 0.15) is 17.2 Å². The third-order valence-electron chi connectivity index (χ3n) is 10.9. The van der Waals surface area contributed by atoms with Crippen LogP contribution in [0.15, 0.2) is 83.7 Å². The molecule has 3 aliphatic rings. The number of carbonyl (C=O) groups is 1. The van der Waals surface area contributed by atoms with Crippen molar-refractivity contribution < 1.29 is 13.9 Å². The number of carbonyl (C=O) groups excluding carboxylic acids is 1. The maximum atomic E-state index is 14.9. The van der Waals surface area contributed by atoms with E-state index in [1.165, 1.54) is 30.0 Å². The predicted molar refractivity (Wildman–Crippen MR) is 188 cm³/mol. The highest BCUT2D eigenvalue weighted by Crippen LogP contribution is 2.47. The van der Waals surface area contributed by atoms with Crippen molar-refractivity contribution in [3.63, 3.8) is 0 Å². The van der Waals surface area contributed by atoms with Gasteiger partial charge in [0.25, 0.3) is 11.5 Å². The zero-order valence-electron chi connectivity index (χ0n) is 28.1. The maximum Gasteiger partial charge on any atom is 0.258 e. The molecule has 0 radical (unpaired) electrons. The summed E-state index contributed by atoms with van der Waals surface area (Å²) in [4.78, 5) is 27.7. The fourth-order valence-corrected chi connectivity index (χ4v) is 8.11. The predicted octanol–water partition coefficient (Wildman–Crippen LogP) is 7.57. The lowest BCUT2D eigenvalue weighted by Crippen LogP contribution is -2.47. The van der Waals surface area contributed by atoms with Crippen molar-refractivity contribution in [3.05, 3.63) is 123 Å². The first-order valence-corrected chi connectivity index (χ1v) is 17.8. The number of nitrogens with one attached hydrogen (secondary N) is 2. The normalized spacial score (nSPS) is 18.9. The summed E-state index contributed by atoms with van der Waals surface area (Å²) in [7, 11) is 0. The molecule has 7 rings (SSSR count). The molecular weight excluding hydrogens is 601 g/mol. The number of pyridine rings is 1. The van der Waals surface area contributed by atoms with Gasteiger partial charge < -0.3 is 19.9 Å².